The zero-order chi connectivity index (χ0) is 19.5. The Morgan fingerprint density at radius 2 is 2.04 bits per heavy atom. The van der Waals surface area contributed by atoms with Crippen molar-refractivity contribution in [2.45, 2.75) is 39.0 Å². The summed E-state index contributed by atoms with van der Waals surface area (Å²) in [6.45, 7) is 4.62. The Labute approximate surface area is 162 Å². The topological polar surface area (TPSA) is 81.2 Å². The molecule has 0 saturated heterocycles. The van der Waals surface area contributed by atoms with Gasteiger partial charge in [0, 0.05) is 29.8 Å². The molecule has 0 atom stereocenters. The van der Waals surface area contributed by atoms with Crippen molar-refractivity contribution in [1.82, 2.24) is 15.5 Å². The van der Waals surface area contributed by atoms with Crippen LogP contribution in [0.3, 0.4) is 0 Å². The summed E-state index contributed by atoms with van der Waals surface area (Å²) < 4.78 is 10.9. The van der Waals surface area contributed by atoms with Gasteiger partial charge in [-0.05, 0) is 23.3 Å². The van der Waals surface area contributed by atoms with Gasteiger partial charge >= 0.3 is 0 Å². The molecule has 0 spiro atoms. The Balaban J connectivity index is 1.35. The molecule has 1 amide bonds. The molecule has 1 N–H and O–H groups in total. The van der Waals surface area contributed by atoms with Crippen LogP contribution in [0.5, 0.6) is 0 Å². The van der Waals surface area contributed by atoms with E-state index in [1.54, 1.807) is 6.26 Å². The molecule has 0 aliphatic carbocycles. The van der Waals surface area contributed by atoms with Crippen molar-refractivity contribution in [1.29, 1.82) is 0 Å². The maximum Gasteiger partial charge on any atom is 0.226 e. The average molecular weight is 377 g/mol. The van der Waals surface area contributed by atoms with Crippen molar-refractivity contribution < 1.29 is 13.7 Å². The summed E-state index contributed by atoms with van der Waals surface area (Å²) >= 11 is 0. The standard InChI is InChI=1S/C22H23N3O3/c1-14(2)22-24-20(28-25-22)8-5-11-23-19(26)12-16-13-27-18-10-9-15-6-3-4-7-17(15)21(16)18/h3-4,6-7,9-10,13-14H,5,8,11-12H2,1-2H3,(H,23,26). The summed E-state index contributed by atoms with van der Waals surface area (Å²) in [6.07, 6.45) is 3.38. The fourth-order valence-electron chi connectivity index (χ4n) is 3.31. The van der Waals surface area contributed by atoms with Crippen LogP contribution in [0.25, 0.3) is 21.7 Å². The SMILES string of the molecule is CC(C)c1noc(CCCNC(=O)Cc2coc3ccc4ccccc4c23)n1. The van der Waals surface area contributed by atoms with Gasteiger partial charge in [-0.1, -0.05) is 49.3 Å². The van der Waals surface area contributed by atoms with Crippen molar-refractivity contribution in [3.8, 4) is 0 Å². The Morgan fingerprint density at radius 1 is 1.18 bits per heavy atom. The fraction of sp³-hybridized carbons (Fsp3) is 0.318. The number of nitrogens with zero attached hydrogens (tertiary/aromatic N) is 2. The van der Waals surface area contributed by atoms with E-state index < -0.39 is 0 Å². The number of carbonyl (C=O) groups is 1. The number of fused-ring (bicyclic) bond motifs is 3. The van der Waals surface area contributed by atoms with Crippen LogP contribution in [0.1, 0.15) is 43.5 Å². The lowest BCUT2D eigenvalue weighted by atomic mass is 10.0. The molecule has 2 heterocycles. The first kappa shape index (κ1) is 18.2. The van der Waals surface area contributed by atoms with Gasteiger partial charge in [0.15, 0.2) is 5.82 Å². The summed E-state index contributed by atoms with van der Waals surface area (Å²) in [5.41, 5.74) is 1.71. The normalized spacial score (nSPS) is 11.5. The van der Waals surface area contributed by atoms with Crippen LogP contribution >= 0.6 is 0 Å². The Bertz CT molecular complexity index is 1110. The van der Waals surface area contributed by atoms with E-state index in [0.717, 1.165) is 39.6 Å². The van der Waals surface area contributed by atoms with Gasteiger partial charge < -0.3 is 14.3 Å². The van der Waals surface area contributed by atoms with E-state index in [1.807, 2.05) is 38.1 Å². The molecule has 2 aromatic carbocycles. The van der Waals surface area contributed by atoms with E-state index in [4.69, 9.17) is 8.94 Å². The van der Waals surface area contributed by atoms with Crippen LogP contribution in [-0.4, -0.2) is 22.6 Å². The number of rotatable bonds is 7. The number of nitrogens with one attached hydrogen (secondary N) is 1. The number of aromatic nitrogens is 2. The molecule has 0 saturated carbocycles. The van der Waals surface area contributed by atoms with E-state index in [2.05, 4.69) is 27.6 Å². The molecule has 6 nitrogen and oxygen atoms in total. The van der Waals surface area contributed by atoms with Gasteiger partial charge in [0.25, 0.3) is 0 Å². The number of aryl methyl sites for hydroxylation is 1. The summed E-state index contributed by atoms with van der Waals surface area (Å²) in [4.78, 5) is 16.7. The number of hydrogen-bond acceptors (Lipinski definition) is 5. The number of benzene rings is 2. The van der Waals surface area contributed by atoms with Crippen LogP contribution in [0.2, 0.25) is 0 Å². The lowest BCUT2D eigenvalue weighted by Crippen LogP contribution is -2.26. The van der Waals surface area contributed by atoms with E-state index in [9.17, 15) is 4.79 Å². The fourth-order valence-corrected chi connectivity index (χ4v) is 3.31. The summed E-state index contributed by atoms with van der Waals surface area (Å²) in [6, 6.07) is 12.1. The van der Waals surface area contributed by atoms with Gasteiger partial charge in [-0.15, -0.1) is 0 Å². The van der Waals surface area contributed by atoms with E-state index in [0.29, 0.717) is 25.3 Å². The lowest BCUT2D eigenvalue weighted by molar-refractivity contribution is -0.120. The van der Waals surface area contributed by atoms with Crippen LogP contribution in [0.15, 0.2) is 51.6 Å². The largest absolute Gasteiger partial charge is 0.464 e. The zero-order valence-electron chi connectivity index (χ0n) is 16.1. The van der Waals surface area contributed by atoms with Gasteiger partial charge in [0.1, 0.15) is 5.58 Å². The minimum absolute atomic E-state index is 0.0240. The minimum Gasteiger partial charge on any atom is -0.464 e. The molecule has 0 aliphatic rings. The van der Waals surface area contributed by atoms with Gasteiger partial charge in [-0.3, -0.25) is 4.79 Å². The smallest absolute Gasteiger partial charge is 0.226 e. The molecule has 0 bridgehead atoms. The van der Waals surface area contributed by atoms with Gasteiger partial charge in [0.05, 0.1) is 12.7 Å². The van der Waals surface area contributed by atoms with E-state index in [1.165, 1.54) is 0 Å². The third-order valence-corrected chi connectivity index (χ3v) is 4.78. The maximum atomic E-state index is 12.4. The third-order valence-electron chi connectivity index (χ3n) is 4.78. The first-order valence-corrected chi connectivity index (χ1v) is 9.59. The highest BCUT2D eigenvalue weighted by atomic mass is 16.5. The van der Waals surface area contributed by atoms with Crippen LogP contribution in [0, 0.1) is 0 Å². The maximum absolute atomic E-state index is 12.4. The zero-order valence-corrected chi connectivity index (χ0v) is 16.1. The quantitative estimate of drug-likeness (QED) is 0.483. The lowest BCUT2D eigenvalue weighted by Gasteiger charge is -2.04. The van der Waals surface area contributed by atoms with E-state index in [-0.39, 0.29) is 11.8 Å². The molecule has 28 heavy (non-hydrogen) atoms. The number of amides is 1. The first-order valence-electron chi connectivity index (χ1n) is 9.59. The van der Waals surface area contributed by atoms with Crippen LogP contribution < -0.4 is 5.32 Å². The molecule has 6 heteroatoms. The summed E-state index contributed by atoms with van der Waals surface area (Å²) in [5.74, 6) is 1.56. The van der Waals surface area contributed by atoms with Crippen LogP contribution in [0.4, 0.5) is 0 Å². The molecule has 144 valence electrons. The number of hydrogen-bond donors (Lipinski definition) is 1. The van der Waals surface area contributed by atoms with Crippen LogP contribution in [-0.2, 0) is 17.6 Å². The highest BCUT2D eigenvalue weighted by Gasteiger charge is 2.13. The second-order valence-electron chi connectivity index (χ2n) is 7.25. The molecule has 4 rings (SSSR count). The van der Waals surface area contributed by atoms with Gasteiger partial charge in [-0.2, -0.15) is 4.98 Å². The highest BCUT2D eigenvalue weighted by Crippen LogP contribution is 2.30. The first-order chi connectivity index (χ1) is 13.6. The molecular weight excluding hydrogens is 354 g/mol. The number of furan rings is 1. The third kappa shape index (κ3) is 3.76. The minimum atomic E-state index is -0.0240. The van der Waals surface area contributed by atoms with Gasteiger partial charge in [-0.25, -0.2) is 0 Å². The monoisotopic (exact) mass is 377 g/mol. The van der Waals surface area contributed by atoms with Crippen molar-refractivity contribution in [2.75, 3.05) is 6.54 Å². The molecule has 0 fully saturated rings. The second kappa shape index (κ2) is 7.84. The Hall–Kier alpha value is -3.15. The summed E-state index contributed by atoms with van der Waals surface area (Å²) in [7, 11) is 0. The molecule has 0 unspecified atom stereocenters. The van der Waals surface area contributed by atoms with Crippen molar-refractivity contribution in [3.63, 3.8) is 0 Å². The highest BCUT2D eigenvalue weighted by molar-refractivity contribution is 6.08. The predicted molar refractivity (Wildman–Crippen MR) is 107 cm³/mol. The predicted octanol–water partition coefficient (Wildman–Crippen LogP) is 4.38. The second-order valence-corrected chi connectivity index (χ2v) is 7.25. The molecule has 4 aromatic rings. The average Bonchev–Trinajstić information content (AvgIpc) is 3.33. The Morgan fingerprint density at radius 3 is 2.86 bits per heavy atom. The molecule has 0 radical (unpaired) electrons. The summed E-state index contributed by atoms with van der Waals surface area (Å²) in [5, 5.41) is 10.2. The Kier molecular flexibility index (Phi) is 5.10. The molecular formula is C22H23N3O3. The van der Waals surface area contributed by atoms with Crippen molar-refractivity contribution >= 4 is 27.6 Å². The number of carbonyl (C=O) groups excluding carboxylic acids is 1. The van der Waals surface area contributed by atoms with Gasteiger partial charge in [0.2, 0.25) is 11.8 Å². The van der Waals surface area contributed by atoms with E-state index >= 15 is 0 Å². The molecule has 0 aliphatic heterocycles. The molecule has 2 aromatic heterocycles. The van der Waals surface area contributed by atoms with Crippen molar-refractivity contribution in [2.24, 2.45) is 0 Å². The van der Waals surface area contributed by atoms with Crippen molar-refractivity contribution in [3.05, 3.63) is 59.9 Å².